The maximum atomic E-state index is 10.8. The summed E-state index contributed by atoms with van der Waals surface area (Å²) in [5.41, 5.74) is 2.00. The molecule has 3 heteroatoms. The fraction of sp³-hybridized carbons (Fsp3) is 0.700. The molecule has 0 amide bonds. The van der Waals surface area contributed by atoms with Crippen LogP contribution in [-0.2, 0) is 0 Å². The zero-order valence-electron chi connectivity index (χ0n) is 14.9. The van der Waals surface area contributed by atoms with E-state index in [0.717, 1.165) is 36.8 Å². The molecular formula is C20H32O3. The van der Waals surface area contributed by atoms with Gasteiger partial charge in [-0.15, -0.1) is 0 Å². The topological polar surface area (TPSA) is 60.7 Å². The molecule has 0 unspecified atom stereocenters. The summed E-state index contributed by atoms with van der Waals surface area (Å²) in [7, 11) is 0. The van der Waals surface area contributed by atoms with Crippen LogP contribution in [0, 0.1) is 17.8 Å². The van der Waals surface area contributed by atoms with Crippen LogP contribution in [0.15, 0.2) is 35.5 Å². The van der Waals surface area contributed by atoms with Crippen LogP contribution in [0.1, 0.15) is 53.4 Å². The standard InChI is InChI=1S/C20H32O3/c1-12(2)16-11-17-15(9-10-20(17,5)23)13(3)7-6-8-14(4)18(21)19(16)22/h8,11-12,15,17-19,21-23H,3,6-7,9-10H2,1-2,4-5H3/b14-8+,16-11-/t15-,17-,18+,19+,20-/m0/s1. The fourth-order valence-electron chi connectivity index (χ4n) is 4.04. The van der Waals surface area contributed by atoms with Crippen LogP contribution in [-0.4, -0.2) is 33.1 Å². The first-order chi connectivity index (χ1) is 10.6. The molecule has 0 spiro atoms. The van der Waals surface area contributed by atoms with E-state index >= 15 is 0 Å². The average Bonchev–Trinajstić information content (AvgIpc) is 2.76. The van der Waals surface area contributed by atoms with Gasteiger partial charge in [-0.2, -0.15) is 0 Å². The third-order valence-electron chi connectivity index (χ3n) is 5.72. The Bertz CT molecular complexity index is 513. The fourth-order valence-corrected chi connectivity index (χ4v) is 4.04. The Morgan fingerprint density at radius 2 is 1.91 bits per heavy atom. The highest BCUT2D eigenvalue weighted by Gasteiger charge is 2.44. The maximum Gasteiger partial charge on any atom is 0.105 e. The van der Waals surface area contributed by atoms with E-state index in [9.17, 15) is 15.3 Å². The van der Waals surface area contributed by atoms with Gasteiger partial charge in [-0.3, -0.25) is 0 Å². The van der Waals surface area contributed by atoms with E-state index in [2.05, 4.69) is 6.58 Å². The first-order valence-electron chi connectivity index (χ1n) is 8.79. The first-order valence-corrected chi connectivity index (χ1v) is 8.79. The average molecular weight is 320 g/mol. The molecule has 0 heterocycles. The quantitative estimate of drug-likeness (QED) is 0.649. The minimum Gasteiger partial charge on any atom is -0.390 e. The molecule has 0 aliphatic heterocycles. The van der Waals surface area contributed by atoms with Crippen molar-refractivity contribution in [2.45, 2.75) is 71.2 Å². The van der Waals surface area contributed by atoms with Crippen LogP contribution in [0.25, 0.3) is 0 Å². The number of aliphatic hydroxyl groups is 3. The van der Waals surface area contributed by atoms with Gasteiger partial charge in [-0.05, 0) is 62.5 Å². The minimum absolute atomic E-state index is 0.0485. The van der Waals surface area contributed by atoms with Gasteiger partial charge in [0.1, 0.15) is 12.2 Å². The van der Waals surface area contributed by atoms with Crippen LogP contribution in [0.5, 0.6) is 0 Å². The summed E-state index contributed by atoms with van der Waals surface area (Å²) in [5.74, 6) is 0.307. The van der Waals surface area contributed by atoms with Crippen LogP contribution in [0.2, 0.25) is 0 Å². The van der Waals surface area contributed by atoms with Gasteiger partial charge in [-0.25, -0.2) is 0 Å². The van der Waals surface area contributed by atoms with Crippen LogP contribution in [0.3, 0.4) is 0 Å². The second-order valence-corrected chi connectivity index (χ2v) is 7.88. The summed E-state index contributed by atoms with van der Waals surface area (Å²) in [6, 6.07) is 0. The van der Waals surface area contributed by atoms with Crippen molar-refractivity contribution >= 4 is 0 Å². The molecule has 0 radical (unpaired) electrons. The molecule has 0 aromatic heterocycles. The number of rotatable bonds is 1. The Balaban J connectivity index is 2.50. The summed E-state index contributed by atoms with van der Waals surface area (Å²) < 4.78 is 0. The molecule has 0 aromatic rings. The highest BCUT2D eigenvalue weighted by atomic mass is 16.3. The van der Waals surface area contributed by atoms with Crippen molar-refractivity contribution in [3.8, 4) is 0 Å². The number of fused-ring (bicyclic) bond motifs is 1. The second-order valence-electron chi connectivity index (χ2n) is 7.88. The predicted octanol–water partition coefficient (Wildman–Crippen LogP) is 3.36. The zero-order chi connectivity index (χ0) is 17.4. The third kappa shape index (κ3) is 3.78. The van der Waals surface area contributed by atoms with Gasteiger partial charge in [-0.1, -0.05) is 38.2 Å². The van der Waals surface area contributed by atoms with Crippen molar-refractivity contribution in [2.24, 2.45) is 17.8 Å². The smallest absolute Gasteiger partial charge is 0.105 e. The van der Waals surface area contributed by atoms with E-state index in [0.29, 0.717) is 0 Å². The summed E-state index contributed by atoms with van der Waals surface area (Å²) in [4.78, 5) is 0. The van der Waals surface area contributed by atoms with Crippen molar-refractivity contribution in [1.29, 1.82) is 0 Å². The molecule has 3 N–H and O–H groups in total. The van der Waals surface area contributed by atoms with Crippen molar-refractivity contribution in [3.63, 3.8) is 0 Å². The van der Waals surface area contributed by atoms with Gasteiger partial charge >= 0.3 is 0 Å². The zero-order valence-corrected chi connectivity index (χ0v) is 14.9. The van der Waals surface area contributed by atoms with Gasteiger partial charge in [0.05, 0.1) is 5.60 Å². The van der Waals surface area contributed by atoms with Crippen LogP contribution in [0.4, 0.5) is 0 Å². The van der Waals surface area contributed by atoms with E-state index in [-0.39, 0.29) is 17.8 Å². The molecule has 5 atom stereocenters. The van der Waals surface area contributed by atoms with E-state index in [1.165, 1.54) is 5.57 Å². The van der Waals surface area contributed by atoms with Crippen molar-refractivity contribution in [3.05, 3.63) is 35.5 Å². The highest BCUT2D eigenvalue weighted by Crippen LogP contribution is 2.46. The molecule has 0 bridgehead atoms. The lowest BCUT2D eigenvalue weighted by molar-refractivity contribution is 0.0295. The first kappa shape index (κ1) is 18.4. The Kier molecular flexibility index (Phi) is 5.55. The Labute approximate surface area is 140 Å². The minimum atomic E-state index is -0.922. The molecule has 1 fully saturated rings. The molecule has 2 aliphatic rings. The largest absolute Gasteiger partial charge is 0.390 e. The van der Waals surface area contributed by atoms with E-state index in [4.69, 9.17) is 0 Å². The number of hydrogen-bond acceptors (Lipinski definition) is 3. The molecule has 130 valence electrons. The predicted molar refractivity (Wildman–Crippen MR) is 93.9 cm³/mol. The highest BCUT2D eigenvalue weighted by molar-refractivity contribution is 5.26. The lowest BCUT2D eigenvalue weighted by atomic mass is 9.79. The molecule has 0 saturated heterocycles. The van der Waals surface area contributed by atoms with Gasteiger partial charge in [0, 0.05) is 5.92 Å². The Morgan fingerprint density at radius 3 is 2.52 bits per heavy atom. The molecular weight excluding hydrogens is 288 g/mol. The monoisotopic (exact) mass is 320 g/mol. The van der Waals surface area contributed by atoms with Crippen molar-refractivity contribution < 1.29 is 15.3 Å². The summed E-state index contributed by atoms with van der Waals surface area (Å²) in [5, 5.41) is 32.0. The third-order valence-corrected chi connectivity index (χ3v) is 5.72. The lowest BCUT2D eigenvalue weighted by Crippen LogP contribution is -2.35. The summed E-state index contributed by atoms with van der Waals surface area (Å²) in [6.07, 6.45) is 5.58. The van der Waals surface area contributed by atoms with E-state index in [1.54, 1.807) is 0 Å². The van der Waals surface area contributed by atoms with Crippen molar-refractivity contribution in [2.75, 3.05) is 0 Å². The number of hydrogen-bond donors (Lipinski definition) is 3. The van der Waals surface area contributed by atoms with Crippen LogP contribution >= 0.6 is 0 Å². The number of aliphatic hydroxyl groups excluding tert-OH is 2. The Hall–Kier alpha value is -0.900. The lowest BCUT2D eigenvalue weighted by Gasteiger charge is -2.31. The second kappa shape index (κ2) is 6.92. The molecule has 2 rings (SSSR count). The SMILES string of the molecule is C=C1CC/C=C(\C)[C@@H](O)[C@H](O)/C(C(C)C)=C\[C@H]2[C@H]1CC[C@]2(C)O. The molecule has 2 aliphatic carbocycles. The summed E-state index contributed by atoms with van der Waals surface area (Å²) >= 11 is 0. The molecule has 3 nitrogen and oxygen atoms in total. The number of allylic oxidation sites excluding steroid dienone is 2. The van der Waals surface area contributed by atoms with Gasteiger partial charge in [0.15, 0.2) is 0 Å². The normalized spacial score (nSPS) is 44.1. The maximum absolute atomic E-state index is 10.8. The van der Waals surface area contributed by atoms with Gasteiger partial charge in [0.2, 0.25) is 0 Å². The van der Waals surface area contributed by atoms with Crippen LogP contribution < -0.4 is 0 Å². The van der Waals surface area contributed by atoms with Crippen molar-refractivity contribution in [1.82, 2.24) is 0 Å². The molecule has 1 saturated carbocycles. The summed E-state index contributed by atoms with van der Waals surface area (Å²) in [6.45, 7) is 12.1. The molecule has 23 heavy (non-hydrogen) atoms. The van der Waals surface area contributed by atoms with E-state index < -0.39 is 17.8 Å². The van der Waals surface area contributed by atoms with Gasteiger partial charge < -0.3 is 15.3 Å². The van der Waals surface area contributed by atoms with Gasteiger partial charge in [0.25, 0.3) is 0 Å². The molecule has 0 aromatic carbocycles. The van der Waals surface area contributed by atoms with E-state index in [1.807, 2.05) is 39.8 Å². The Morgan fingerprint density at radius 1 is 1.26 bits per heavy atom.